The summed E-state index contributed by atoms with van der Waals surface area (Å²) in [5.74, 6) is 0.616. The highest BCUT2D eigenvalue weighted by molar-refractivity contribution is 7.91. The largest absolute Gasteiger partial charge is 0.392 e. The van der Waals surface area contributed by atoms with Crippen molar-refractivity contribution in [1.29, 1.82) is 0 Å². The van der Waals surface area contributed by atoms with Crippen LogP contribution in [-0.2, 0) is 16.6 Å². The van der Waals surface area contributed by atoms with Gasteiger partial charge in [0.05, 0.1) is 6.61 Å². The molecule has 5 nitrogen and oxygen atoms in total. The third-order valence-electron chi connectivity index (χ3n) is 3.76. The Labute approximate surface area is 124 Å². The Kier molecular flexibility index (Phi) is 5.57. The molecule has 1 saturated heterocycles. The van der Waals surface area contributed by atoms with E-state index in [1.54, 1.807) is 5.38 Å². The van der Waals surface area contributed by atoms with E-state index < -0.39 is 10.0 Å². The van der Waals surface area contributed by atoms with Crippen molar-refractivity contribution in [2.75, 3.05) is 26.7 Å². The molecular formula is C13H22N2O3S2. The van der Waals surface area contributed by atoms with E-state index in [1.165, 1.54) is 6.07 Å². The Hall–Kier alpha value is -0.470. The summed E-state index contributed by atoms with van der Waals surface area (Å²) in [6, 6.07) is 1.53. The maximum Gasteiger partial charge on any atom is 0.250 e. The van der Waals surface area contributed by atoms with Crippen LogP contribution in [0.5, 0.6) is 0 Å². The summed E-state index contributed by atoms with van der Waals surface area (Å²) < 4.78 is 27.1. The fourth-order valence-corrected chi connectivity index (χ4v) is 4.69. The van der Waals surface area contributed by atoms with Gasteiger partial charge in [0, 0.05) is 6.54 Å². The molecule has 0 atom stereocenters. The van der Waals surface area contributed by atoms with Crippen LogP contribution in [0.3, 0.4) is 0 Å². The average molecular weight is 318 g/mol. The average Bonchev–Trinajstić information content (AvgIpc) is 2.90. The number of hydrogen-bond donors (Lipinski definition) is 2. The van der Waals surface area contributed by atoms with Crippen LogP contribution in [-0.4, -0.2) is 45.1 Å². The summed E-state index contributed by atoms with van der Waals surface area (Å²) in [5.41, 5.74) is 0.644. The third kappa shape index (κ3) is 4.26. The summed E-state index contributed by atoms with van der Waals surface area (Å²) in [7, 11) is -1.29. The Bertz CT molecular complexity index is 519. The monoisotopic (exact) mass is 318 g/mol. The number of aliphatic hydroxyl groups excluding tert-OH is 1. The first-order chi connectivity index (χ1) is 9.51. The first kappa shape index (κ1) is 15.9. The molecule has 2 N–H and O–H groups in total. The molecule has 0 amide bonds. The molecule has 114 valence electrons. The lowest BCUT2D eigenvalue weighted by atomic mass is 9.94. The van der Waals surface area contributed by atoms with Crippen LogP contribution in [0.15, 0.2) is 15.7 Å². The van der Waals surface area contributed by atoms with Gasteiger partial charge in [-0.1, -0.05) is 0 Å². The number of hydrogen-bond acceptors (Lipinski definition) is 5. The number of rotatable bonds is 6. The Morgan fingerprint density at radius 2 is 2.15 bits per heavy atom. The van der Waals surface area contributed by atoms with Crippen molar-refractivity contribution < 1.29 is 13.5 Å². The molecule has 0 saturated carbocycles. The number of piperidine rings is 1. The number of likely N-dealkylation sites (tertiary alicyclic amines) is 1. The zero-order valence-electron chi connectivity index (χ0n) is 11.7. The van der Waals surface area contributed by atoms with Crippen LogP contribution in [0, 0.1) is 5.92 Å². The Morgan fingerprint density at radius 1 is 1.45 bits per heavy atom. The van der Waals surface area contributed by atoms with Gasteiger partial charge in [0.25, 0.3) is 0 Å². The standard InChI is InChI=1S/C13H22N2O3S2/c1-15-6-3-11(4-7-15)2-5-14-20(17,18)13-8-12(9-16)10-19-13/h8,10-11,14,16H,2-7,9H2,1H3. The van der Waals surface area contributed by atoms with Gasteiger partial charge >= 0.3 is 0 Å². The molecule has 1 aromatic rings. The van der Waals surface area contributed by atoms with E-state index in [9.17, 15) is 8.42 Å². The van der Waals surface area contributed by atoms with Gasteiger partial charge in [0.1, 0.15) is 4.21 Å². The molecule has 1 fully saturated rings. The van der Waals surface area contributed by atoms with Crippen LogP contribution < -0.4 is 4.72 Å². The fourth-order valence-electron chi connectivity index (χ4n) is 2.40. The Balaban J connectivity index is 1.80. The van der Waals surface area contributed by atoms with Gasteiger partial charge < -0.3 is 10.0 Å². The molecule has 0 radical (unpaired) electrons. The molecule has 7 heteroatoms. The second kappa shape index (κ2) is 7.00. The zero-order chi connectivity index (χ0) is 14.6. The van der Waals surface area contributed by atoms with Crippen LogP contribution in [0.2, 0.25) is 0 Å². The minimum atomic E-state index is -3.41. The van der Waals surface area contributed by atoms with E-state index in [-0.39, 0.29) is 10.8 Å². The number of sulfonamides is 1. The molecule has 2 rings (SSSR count). The van der Waals surface area contributed by atoms with Crippen molar-refractivity contribution in [2.45, 2.75) is 30.1 Å². The van der Waals surface area contributed by atoms with Gasteiger partial charge in [0.15, 0.2) is 0 Å². The molecule has 0 aromatic carbocycles. The maximum atomic E-state index is 12.1. The lowest BCUT2D eigenvalue weighted by Crippen LogP contribution is -2.32. The number of nitrogens with zero attached hydrogens (tertiary/aromatic N) is 1. The second-order valence-electron chi connectivity index (χ2n) is 5.37. The van der Waals surface area contributed by atoms with Gasteiger partial charge in [-0.2, -0.15) is 0 Å². The smallest absolute Gasteiger partial charge is 0.250 e. The van der Waals surface area contributed by atoms with Gasteiger partial charge in [-0.05, 0) is 62.3 Å². The summed E-state index contributed by atoms with van der Waals surface area (Å²) in [5, 5.41) is 10.6. The molecule has 1 aromatic heterocycles. The fraction of sp³-hybridized carbons (Fsp3) is 0.692. The SMILES string of the molecule is CN1CCC(CCNS(=O)(=O)c2cc(CO)cs2)CC1. The van der Waals surface area contributed by atoms with Crippen molar-refractivity contribution in [1.82, 2.24) is 9.62 Å². The topological polar surface area (TPSA) is 69.6 Å². The van der Waals surface area contributed by atoms with Crippen LogP contribution in [0.25, 0.3) is 0 Å². The molecule has 0 aliphatic carbocycles. The zero-order valence-corrected chi connectivity index (χ0v) is 13.3. The summed E-state index contributed by atoms with van der Waals surface area (Å²) in [6.07, 6.45) is 3.18. The van der Waals surface area contributed by atoms with Crippen LogP contribution in [0.1, 0.15) is 24.8 Å². The minimum absolute atomic E-state index is 0.123. The predicted octanol–water partition coefficient (Wildman–Crippen LogP) is 1.25. The third-order valence-corrected chi connectivity index (χ3v) is 6.71. The molecular weight excluding hydrogens is 296 g/mol. The molecule has 0 spiro atoms. The van der Waals surface area contributed by atoms with Crippen LogP contribution in [0.4, 0.5) is 0 Å². The van der Waals surface area contributed by atoms with Gasteiger partial charge in [0.2, 0.25) is 10.0 Å². The minimum Gasteiger partial charge on any atom is -0.392 e. The van der Waals surface area contributed by atoms with Crippen molar-refractivity contribution in [3.63, 3.8) is 0 Å². The molecule has 0 bridgehead atoms. The highest BCUT2D eigenvalue weighted by Crippen LogP contribution is 2.21. The summed E-state index contributed by atoms with van der Waals surface area (Å²) in [6.45, 7) is 2.56. The first-order valence-electron chi connectivity index (χ1n) is 6.88. The van der Waals surface area contributed by atoms with Gasteiger partial charge in [-0.15, -0.1) is 11.3 Å². The van der Waals surface area contributed by atoms with E-state index in [2.05, 4.69) is 16.7 Å². The maximum absolute atomic E-state index is 12.1. The number of thiophene rings is 1. The summed E-state index contributed by atoms with van der Waals surface area (Å²) >= 11 is 1.15. The van der Waals surface area contributed by atoms with Crippen molar-refractivity contribution in [3.8, 4) is 0 Å². The molecule has 2 heterocycles. The van der Waals surface area contributed by atoms with Crippen LogP contribution >= 0.6 is 11.3 Å². The van der Waals surface area contributed by atoms with Crippen molar-refractivity contribution in [2.24, 2.45) is 5.92 Å². The highest BCUT2D eigenvalue weighted by atomic mass is 32.2. The molecule has 0 unspecified atom stereocenters. The van der Waals surface area contributed by atoms with E-state index in [0.29, 0.717) is 18.0 Å². The van der Waals surface area contributed by atoms with Crippen molar-refractivity contribution in [3.05, 3.63) is 17.0 Å². The van der Waals surface area contributed by atoms with Gasteiger partial charge in [-0.25, -0.2) is 13.1 Å². The predicted molar refractivity (Wildman–Crippen MR) is 80.3 cm³/mol. The van der Waals surface area contributed by atoms with Crippen molar-refractivity contribution >= 4 is 21.4 Å². The molecule has 1 aliphatic heterocycles. The normalized spacial score (nSPS) is 18.5. The number of nitrogens with one attached hydrogen (secondary N) is 1. The quantitative estimate of drug-likeness (QED) is 0.828. The highest BCUT2D eigenvalue weighted by Gasteiger charge is 2.19. The lowest BCUT2D eigenvalue weighted by Gasteiger charge is -2.28. The summed E-state index contributed by atoms with van der Waals surface area (Å²) in [4.78, 5) is 2.31. The van der Waals surface area contributed by atoms with E-state index in [0.717, 1.165) is 43.7 Å². The lowest BCUT2D eigenvalue weighted by molar-refractivity contribution is 0.213. The number of aliphatic hydroxyl groups is 1. The molecule has 20 heavy (non-hydrogen) atoms. The Morgan fingerprint density at radius 3 is 2.75 bits per heavy atom. The molecule has 1 aliphatic rings. The first-order valence-corrected chi connectivity index (χ1v) is 9.24. The van der Waals surface area contributed by atoms with E-state index in [1.807, 2.05) is 0 Å². The second-order valence-corrected chi connectivity index (χ2v) is 8.27. The van der Waals surface area contributed by atoms with E-state index in [4.69, 9.17) is 5.11 Å². The van der Waals surface area contributed by atoms with E-state index >= 15 is 0 Å². The van der Waals surface area contributed by atoms with Gasteiger partial charge in [-0.3, -0.25) is 0 Å².